The molecule has 2 aromatic carbocycles. The zero-order chi connectivity index (χ0) is 21.3. The van der Waals surface area contributed by atoms with Crippen molar-refractivity contribution in [2.75, 3.05) is 13.1 Å². The molecule has 2 aromatic heterocycles. The number of guanidine groups is 1. The molecule has 0 unspecified atom stereocenters. The Morgan fingerprint density at radius 2 is 1.81 bits per heavy atom. The predicted molar refractivity (Wildman–Crippen MR) is 121 cm³/mol. The molecule has 0 bridgehead atoms. The van der Waals surface area contributed by atoms with Crippen molar-refractivity contribution in [2.45, 2.75) is 19.9 Å². The maximum Gasteiger partial charge on any atom is 0.191 e. The predicted octanol–water partition coefficient (Wildman–Crippen LogP) is 2.75. The zero-order valence-electron chi connectivity index (χ0n) is 17.5. The van der Waals surface area contributed by atoms with Gasteiger partial charge in [-0.25, -0.2) is 9.67 Å². The monoisotopic (exact) mass is 414 g/mol. The highest BCUT2D eigenvalue weighted by molar-refractivity contribution is 5.79. The number of hydrogen-bond acceptors (Lipinski definition) is 4. The molecule has 0 saturated carbocycles. The molecule has 0 aliphatic heterocycles. The molecule has 31 heavy (non-hydrogen) atoms. The van der Waals surface area contributed by atoms with Crippen LogP contribution in [0, 0.1) is 0 Å². The van der Waals surface area contributed by atoms with Crippen molar-refractivity contribution in [3.8, 4) is 11.4 Å². The zero-order valence-corrected chi connectivity index (χ0v) is 17.5. The third-order valence-electron chi connectivity index (χ3n) is 4.79. The standard InChI is InChI=1S/C23H26N8/c1-2-24-23(26-17-22-29-27-18-30(22)20-7-4-3-5-8-20)25-15-13-19-9-11-21(12-10-19)31-16-6-14-28-31/h3-12,14,16,18H,2,13,15,17H2,1H3,(H2,24,25,26). The fourth-order valence-electron chi connectivity index (χ4n) is 3.22. The van der Waals surface area contributed by atoms with Gasteiger partial charge in [-0.2, -0.15) is 5.10 Å². The molecule has 8 heteroatoms. The van der Waals surface area contributed by atoms with E-state index in [1.807, 2.05) is 51.8 Å². The quantitative estimate of drug-likeness (QED) is 0.342. The average Bonchev–Trinajstić information content (AvgIpc) is 3.51. The number of hydrogen-bond donors (Lipinski definition) is 2. The van der Waals surface area contributed by atoms with Gasteiger partial charge in [-0.15, -0.1) is 10.2 Å². The third-order valence-corrected chi connectivity index (χ3v) is 4.79. The largest absolute Gasteiger partial charge is 0.357 e. The number of rotatable bonds is 8. The summed E-state index contributed by atoms with van der Waals surface area (Å²) < 4.78 is 3.81. The van der Waals surface area contributed by atoms with E-state index in [9.17, 15) is 0 Å². The Hall–Kier alpha value is -3.94. The van der Waals surface area contributed by atoms with Crippen LogP contribution in [-0.2, 0) is 13.0 Å². The van der Waals surface area contributed by atoms with Gasteiger partial charge in [-0.3, -0.25) is 4.57 Å². The van der Waals surface area contributed by atoms with Gasteiger partial charge in [-0.1, -0.05) is 30.3 Å². The SMILES string of the molecule is CCNC(=NCc1nncn1-c1ccccc1)NCCc1ccc(-n2cccn2)cc1. The fourth-order valence-corrected chi connectivity index (χ4v) is 3.22. The van der Waals surface area contributed by atoms with Gasteiger partial charge >= 0.3 is 0 Å². The molecule has 0 fully saturated rings. The topological polar surface area (TPSA) is 85.0 Å². The summed E-state index contributed by atoms with van der Waals surface area (Å²) in [6.07, 6.45) is 6.33. The molecule has 0 spiro atoms. The summed E-state index contributed by atoms with van der Waals surface area (Å²) in [5.41, 5.74) is 3.33. The van der Waals surface area contributed by atoms with Crippen LogP contribution in [0.1, 0.15) is 18.3 Å². The van der Waals surface area contributed by atoms with Crippen molar-refractivity contribution in [1.82, 2.24) is 35.2 Å². The number of aliphatic imine (C=N–C) groups is 1. The third kappa shape index (κ3) is 5.36. The van der Waals surface area contributed by atoms with E-state index in [1.54, 1.807) is 12.5 Å². The first kappa shape index (κ1) is 20.3. The van der Waals surface area contributed by atoms with Crippen LogP contribution in [0.3, 0.4) is 0 Å². The van der Waals surface area contributed by atoms with E-state index in [0.29, 0.717) is 6.54 Å². The minimum atomic E-state index is 0.433. The van der Waals surface area contributed by atoms with Crippen molar-refractivity contribution in [3.05, 3.63) is 90.8 Å². The number of benzene rings is 2. The molecule has 4 rings (SSSR count). The summed E-state index contributed by atoms with van der Waals surface area (Å²) in [7, 11) is 0. The van der Waals surface area contributed by atoms with Gasteiger partial charge in [0.1, 0.15) is 12.9 Å². The summed E-state index contributed by atoms with van der Waals surface area (Å²) >= 11 is 0. The lowest BCUT2D eigenvalue weighted by molar-refractivity contribution is 0.783. The second-order valence-electron chi connectivity index (χ2n) is 6.94. The van der Waals surface area contributed by atoms with Crippen LogP contribution >= 0.6 is 0 Å². The average molecular weight is 415 g/mol. The van der Waals surface area contributed by atoms with Crippen molar-refractivity contribution in [2.24, 2.45) is 4.99 Å². The van der Waals surface area contributed by atoms with Gasteiger partial charge < -0.3 is 10.6 Å². The van der Waals surface area contributed by atoms with Gasteiger partial charge in [0.15, 0.2) is 11.8 Å². The summed E-state index contributed by atoms with van der Waals surface area (Å²) in [4.78, 5) is 4.68. The molecule has 0 radical (unpaired) electrons. The molecule has 0 saturated heterocycles. The molecule has 2 N–H and O–H groups in total. The van der Waals surface area contributed by atoms with Gasteiger partial charge in [-0.05, 0) is 49.2 Å². The summed E-state index contributed by atoms with van der Waals surface area (Å²) in [6, 6.07) is 20.4. The normalized spacial score (nSPS) is 11.5. The number of nitrogens with one attached hydrogen (secondary N) is 2. The highest BCUT2D eigenvalue weighted by atomic mass is 15.3. The Labute approximate surface area is 181 Å². The second kappa shape index (κ2) is 10.2. The van der Waals surface area contributed by atoms with Crippen molar-refractivity contribution in [1.29, 1.82) is 0 Å². The molecular weight excluding hydrogens is 388 g/mol. The minimum absolute atomic E-state index is 0.433. The van der Waals surface area contributed by atoms with Crippen LogP contribution in [0.15, 0.2) is 84.4 Å². The fraction of sp³-hybridized carbons (Fsp3) is 0.217. The maximum absolute atomic E-state index is 4.68. The molecule has 2 heterocycles. The lowest BCUT2D eigenvalue weighted by Crippen LogP contribution is -2.38. The molecular formula is C23H26N8. The van der Waals surface area contributed by atoms with Gasteiger partial charge in [0.2, 0.25) is 0 Å². The van der Waals surface area contributed by atoms with Crippen molar-refractivity contribution in [3.63, 3.8) is 0 Å². The maximum atomic E-state index is 4.68. The lowest BCUT2D eigenvalue weighted by atomic mass is 10.1. The molecule has 158 valence electrons. The Balaban J connectivity index is 1.34. The Morgan fingerprint density at radius 3 is 2.55 bits per heavy atom. The molecule has 4 aromatic rings. The summed E-state index contributed by atoms with van der Waals surface area (Å²) in [6.45, 7) is 4.05. The van der Waals surface area contributed by atoms with Crippen LogP contribution in [-0.4, -0.2) is 43.6 Å². The highest BCUT2D eigenvalue weighted by Crippen LogP contribution is 2.10. The van der Waals surface area contributed by atoms with E-state index in [2.05, 4.69) is 62.1 Å². The van der Waals surface area contributed by atoms with E-state index >= 15 is 0 Å². The Bertz CT molecular complexity index is 1080. The van der Waals surface area contributed by atoms with Crippen LogP contribution in [0.2, 0.25) is 0 Å². The van der Waals surface area contributed by atoms with E-state index in [4.69, 9.17) is 0 Å². The van der Waals surface area contributed by atoms with Gasteiger partial charge in [0.25, 0.3) is 0 Å². The van der Waals surface area contributed by atoms with Crippen LogP contribution in [0.5, 0.6) is 0 Å². The first-order valence-corrected chi connectivity index (χ1v) is 10.4. The smallest absolute Gasteiger partial charge is 0.191 e. The Morgan fingerprint density at radius 1 is 0.968 bits per heavy atom. The number of nitrogens with zero attached hydrogens (tertiary/aromatic N) is 6. The van der Waals surface area contributed by atoms with Crippen LogP contribution < -0.4 is 10.6 Å². The number of aromatic nitrogens is 5. The van der Waals surface area contributed by atoms with Crippen LogP contribution in [0.4, 0.5) is 0 Å². The van der Waals surface area contributed by atoms with Crippen molar-refractivity contribution < 1.29 is 0 Å². The van der Waals surface area contributed by atoms with E-state index in [0.717, 1.165) is 42.7 Å². The first-order chi connectivity index (χ1) is 15.3. The minimum Gasteiger partial charge on any atom is -0.357 e. The van der Waals surface area contributed by atoms with Gasteiger partial charge in [0.05, 0.1) is 5.69 Å². The second-order valence-corrected chi connectivity index (χ2v) is 6.94. The first-order valence-electron chi connectivity index (χ1n) is 10.4. The van der Waals surface area contributed by atoms with E-state index in [-0.39, 0.29) is 0 Å². The number of para-hydroxylation sites is 1. The molecule has 8 nitrogen and oxygen atoms in total. The van der Waals surface area contributed by atoms with Gasteiger partial charge in [0, 0.05) is 31.2 Å². The van der Waals surface area contributed by atoms with E-state index in [1.165, 1.54) is 5.56 Å². The molecule has 0 atom stereocenters. The molecule has 0 amide bonds. The lowest BCUT2D eigenvalue weighted by Gasteiger charge is -2.12. The molecule has 0 aliphatic rings. The summed E-state index contributed by atoms with van der Waals surface area (Å²) in [5.74, 6) is 1.55. The highest BCUT2D eigenvalue weighted by Gasteiger charge is 2.06. The van der Waals surface area contributed by atoms with Crippen molar-refractivity contribution >= 4 is 5.96 Å². The Kier molecular flexibility index (Phi) is 6.69. The molecule has 0 aliphatic carbocycles. The van der Waals surface area contributed by atoms with E-state index < -0.39 is 0 Å². The summed E-state index contributed by atoms with van der Waals surface area (Å²) in [5, 5.41) is 19.2. The van der Waals surface area contributed by atoms with Crippen LogP contribution in [0.25, 0.3) is 11.4 Å².